The topological polar surface area (TPSA) is 46.3 Å². The summed E-state index contributed by atoms with van der Waals surface area (Å²) in [6.45, 7) is 10.1. The fourth-order valence-corrected chi connectivity index (χ4v) is 2.53. The van der Waals surface area contributed by atoms with E-state index in [4.69, 9.17) is 5.73 Å². The number of hydrogen-bond acceptors (Lipinski definition) is 2. The molecule has 1 amide bonds. The van der Waals surface area contributed by atoms with E-state index in [1.807, 2.05) is 30.0 Å². The van der Waals surface area contributed by atoms with Crippen LogP contribution in [0.3, 0.4) is 0 Å². The van der Waals surface area contributed by atoms with Gasteiger partial charge < -0.3 is 10.6 Å². The molecule has 1 heterocycles. The van der Waals surface area contributed by atoms with Gasteiger partial charge in [-0.3, -0.25) is 4.79 Å². The zero-order chi connectivity index (χ0) is 14.9. The van der Waals surface area contributed by atoms with Crippen LogP contribution in [0, 0.1) is 12.3 Å². The van der Waals surface area contributed by atoms with Crippen LogP contribution in [0.4, 0.5) is 5.69 Å². The zero-order valence-electron chi connectivity index (χ0n) is 12.9. The van der Waals surface area contributed by atoms with Gasteiger partial charge in [0.1, 0.15) is 0 Å². The van der Waals surface area contributed by atoms with Crippen LogP contribution in [0.15, 0.2) is 29.8 Å². The second-order valence-corrected chi connectivity index (χ2v) is 6.55. The number of anilines is 1. The molecule has 1 aliphatic heterocycles. The Hall–Kier alpha value is -1.77. The molecule has 20 heavy (non-hydrogen) atoms. The van der Waals surface area contributed by atoms with Crippen LogP contribution >= 0.6 is 0 Å². The molecule has 2 N–H and O–H groups in total. The minimum atomic E-state index is 0.0947. The maximum atomic E-state index is 12.5. The van der Waals surface area contributed by atoms with Crippen molar-refractivity contribution < 1.29 is 4.79 Å². The molecule has 3 nitrogen and oxygen atoms in total. The highest BCUT2D eigenvalue weighted by molar-refractivity contribution is 5.95. The zero-order valence-corrected chi connectivity index (χ0v) is 12.9. The number of aryl methyl sites for hydroxylation is 1. The van der Waals surface area contributed by atoms with Crippen LogP contribution in [0.2, 0.25) is 0 Å². The first kappa shape index (κ1) is 14.6. The molecule has 0 fully saturated rings. The fourth-order valence-electron chi connectivity index (χ4n) is 2.53. The molecule has 2 rings (SSSR count). The summed E-state index contributed by atoms with van der Waals surface area (Å²) in [7, 11) is 0. The van der Waals surface area contributed by atoms with Crippen molar-refractivity contribution in [3.8, 4) is 0 Å². The third kappa shape index (κ3) is 3.03. The number of carbonyl (C=O) groups excluding carboxylic acids is 1. The van der Waals surface area contributed by atoms with Gasteiger partial charge >= 0.3 is 0 Å². The van der Waals surface area contributed by atoms with Gasteiger partial charge in [0.2, 0.25) is 0 Å². The van der Waals surface area contributed by atoms with Crippen molar-refractivity contribution in [2.45, 2.75) is 34.1 Å². The van der Waals surface area contributed by atoms with Crippen LogP contribution in [-0.4, -0.2) is 23.9 Å². The van der Waals surface area contributed by atoms with Crippen molar-refractivity contribution in [3.63, 3.8) is 0 Å². The molecule has 0 radical (unpaired) electrons. The Labute approximate surface area is 121 Å². The van der Waals surface area contributed by atoms with Gasteiger partial charge in [-0.15, -0.1) is 0 Å². The SMILES string of the molecule is Cc1cc(C(=O)N2CC=C(C(C)(C)C)CC2)ccc1N. The largest absolute Gasteiger partial charge is 0.399 e. The lowest BCUT2D eigenvalue weighted by Gasteiger charge is -2.32. The Morgan fingerprint density at radius 3 is 2.50 bits per heavy atom. The Morgan fingerprint density at radius 1 is 1.30 bits per heavy atom. The van der Waals surface area contributed by atoms with E-state index in [0.29, 0.717) is 6.54 Å². The van der Waals surface area contributed by atoms with Gasteiger partial charge in [-0.05, 0) is 42.5 Å². The molecule has 0 saturated carbocycles. The smallest absolute Gasteiger partial charge is 0.254 e. The maximum absolute atomic E-state index is 12.5. The number of rotatable bonds is 1. The van der Waals surface area contributed by atoms with E-state index in [-0.39, 0.29) is 11.3 Å². The molecule has 1 aliphatic rings. The predicted octanol–water partition coefficient (Wildman–Crippen LogP) is 3.40. The summed E-state index contributed by atoms with van der Waals surface area (Å²) in [4.78, 5) is 14.4. The highest BCUT2D eigenvalue weighted by Crippen LogP contribution is 2.30. The number of nitrogens with two attached hydrogens (primary N) is 1. The van der Waals surface area contributed by atoms with Gasteiger partial charge in [0.05, 0.1) is 0 Å². The van der Waals surface area contributed by atoms with Crippen LogP contribution in [0.1, 0.15) is 43.1 Å². The van der Waals surface area contributed by atoms with Gasteiger partial charge in [0.15, 0.2) is 0 Å². The quantitative estimate of drug-likeness (QED) is 0.629. The van der Waals surface area contributed by atoms with Crippen molar-refractivity contribution in [2.24, 2.45) is 5.41 Å². The molecule has 1 aromatic carbocycles. The summed E-state index contributed by atoms with van der Waals surface area (Å²) < 4.78 is 0. The van der Waals surface area contributed by atoms with Gasteiger partial charge in [-0.2, -0.15) is 0 Å². The number of hydrogen-bond donors (Lipinski definition) is 1. The summed E-state index contributed by atoms with van der Waals surface area (Å²) in [5.74, 6) is 0.0947. The predicted molar refractivity (Wildman–Crippen MR) is 83.6 cm³/mol. The average molecular weight is 272 g/mol. The number of carbonyl (C=O) groups is 1. The second-order valence-electron chi connectivity index (χ2n) is 6.55. The van der Waals surface area contributed by atoms with E-state index in [1.54, 1.807) is 0 Å². The summed E-state index contributed by atoms with van der Waals surface area (Å²) >= 11 is 0. The molecule has 0 bridgehead atoms. The Balaban J connectivity index is 2.12. The summed E-state index contributed by atoms with van der Waals surface area (Å²) in [5, 5.41) is 0. The van der Waals surface area contributed by atoms with Gasteiger partial charge in [-0.25, -0.2) is 0 Å². The molecule has 0 saturated heterocycles. The molecular formula is C17H24N2O. The van der Waals surface area contributed by atoms with Crippen molar-refractivity contribution >= 4 is 11.6 Å². The van der Waals surface area contributed by atoms with E-state index in [1.165, 1.54) is 5.57 Å². The van der Waals surface area contributed by atoms with Crippen molar-refractivity contribution in [1.82, 2.24) is 4.90 Å². The number of nitrogen functional groups attached to an aromatic ring is 1. The number of nitrogens with zero attached hydrogens (tertiary/aromatic N) is 1. The molecule has 108 valence electrons. The highest BCUT2D eigenvalue weighted by atomic mass is 16.2. The normalized spacial score (nSPS) is 16.0. The van der Waals surface area contributed by atoms with E-state index in [9.17, 15) is 4.79 Å². The first-order valence-electron chi connectivity index (χ1n) is 7.14. The van der Waals surface area contributed by atoms with Crippen LogP contribution in [-0.2, 0) is 0 Å². The highest BCUT2D eigenvalue weighted by Gasteiger charge is 2.24. The first-order valence-corrected chi connectivity index (χ1v) is 7.14. The molecule has 0 atom stereocenters. The molecule has 0 unspecified atom stereocenters. The molecule has 3 heteroatoms. The number of amides is 1. The Kier molecular flexibility index (Phi) is 3.89. The van der Waals surface area contributed by atoms with Gasteiger partial charge in [0.25, 0.3) is 5.91 Å². The lowest BCUT2D eigenvalue weighted by Crippen LogP contribution is -2.36. The summed E-state index contributed by atoms with van der Waals surface area (Å²) in [6.07, 6.45) is 3.16. The van der Waals surface area contributed by atoms with Crippen LogP contribution in [0.25, 0.3) is 0 Å². The Bertz CT molecular complexity index is 553. The Morgan fingerprint density at radius 2 is 2.00 bits per heavy atom. The van der Waals surface area contributed by atoms with Crippen molar-refractivity contribution in [1.29, 1.82) is 0 Å². The van der Waals surface area contributed by atoms with Crippen LogP contribution in [0.5, 0.6) is 0 Å². The van der Waals surface area contributed by atoms with E-state index >= 15 is 0 Å². The van der Waals surface area contributed by atoms with Crippen LogP contribution < -0.4 is 5.73 Å². The van der Waals surface area contributed by atoms with Gasteiger partial charge in [0, 0.05) is 24.3 Å². The standard InChI is InChI=1S/C17H24N2O/c1-12-11-13(5-6-15(12)18)16(20)19-9-7-14(8-10-19)17(2,3)4/h5-7,11H,8-10,18H2,1-4H3. The second kappa shape index (κ2) is 5.31. The lowest BCUT2D eigenvalue weighted by molar-refractivity contribution is 0.0765. The van der Waals surface area contributed by atoms with E-state index < -0.39 is 0 Å². The lowest BCUT2D eigenvalue weighted by atomic mass is 9.83. The third-order valence-corrected chi connectivity index (χ3v) is 3.98. The average Bonchev–Trinajstić information content (AvgIpc) is 2.40. The van der Waals surface area contributed by atoms with E-state index in [0.717, 1.165) is 29.8 Å². The summed E-state index contributed by atoms with van der Waals surface area (Å²) in [5.41, 5.74) is 9.86. The maximum Gasteiger partial charge on any atom is 0.254 e. The van der Waals surface area contributed by atoms with Gasteiger partial charge in [-0.1, -0.05) is 32.4 Å². The molecule has 1 aromatic rings. The molecular weight excluding hydrogens is 248 g/mol. The fraction of sp³-hybridized carbons (Fsp3) is 0.471. The van der Waals surface area contributed by atoms with Crippen molar-refractivity contribution in [2.75, 3.05) is 18.8 Å². The molecule has 0 aromatic heterocycles. The third-order valence-electron chi connectivity index (χ3n) is 3.98. The van der Waals surface area contributed by atoms with Crippen molar-refractivity contribution in [3.05, 3.63) is 41.0 Å². The van der Waals surface area contributed by atoms with E-state index in [2.05, 4.69) is 26.8 Å². The summed E-state index contributed by atoms with van der Waals surface area (Å²) in [6, 6.07) is 5.50. The minimum Gasteiger partial charge on any atom is -0.399 e. The monoisotopic (exact) mass is 272 g/mol. The molecule has 0 aliphatic carbocycles. The molecule has 0 spiro atoms. The minimum absolute atomic E-state index is 0.0947. The first-order chi connectivity index (χ1) is 9.29. The number of benzene rings is 1.